The number of rotatable bonds is 12. The molecule has 0 aliphatic carbocycles. The zero-order valence-electron chi connectivity index (χ0n) is 22.3. The van der Waals surface area contributed by atoms with Gasteiger partial charge in [-0.1, -0.05) is 11.8 Å². The number of thioether (sulfide) groups is 1. The molecule has 2 aliphatic rings. The number of amidine groups is 1. The van der Waals surface area contributed by atoms with Crippen molar-refractivity contribution >= 4 is 65.2 Å². The van der Waals surface area contributed by atoms with Gasteiger partial charge in [-0.3, -0.25) is 24.0 Å². The van der Waals surface area contributed by atoms with Crippen molar-refractivity contribution in [1.82, 2.24) is 10.2 Å². The topological polar surface area (TPSA) is 178 Å². The molecule has 2 fully saturated rings. The number of amides is 1. The average Bonchev–Trinajstić information content (AvgIpc) is 3.14. The molecule has 0 bridgehead atoms. The number of nitrogens with one attached hydrogen (secondary N) is 1. The quantitative estimate of drug-likeness (QED) is 0.186. The van der Waals surface area contributed by atoms with E-state index >= 15 is 0 Å². The second-order valence-corrected chi connectivity index (χ2v) is 12.0. The van der Waals surface area contributed by atoms with Crippen LogP contribution in [0.5, 0.6) is 0 Å². The van der Waals surface area contributed by atoms with Crippen LogP contribution in [0.2, 0.25) is 0 Å². The van der Waals surface area contributed by atoms with Crippen LogP contribution in [0.3, 0.4) is 0 Å². The summed E-state index contributed by atoms with van der Waals surface area (Å²) in [6, 6.07) is 0. The highest BCUT2D eigenvalue weighted by Crippen LogP contribution is 2.45. The molecule has 1 amide bonds. The fourth-order valence-corrected chi connectivity index (χ4v) is 6.63. The molecule has 2 heterocycles. The maximum atomic E-state index is 12.7. The van der Waals surface area contributed by atoms with Gasteiger partial charge < -0.3 is 32.7 Å². The van der Waals surface area contributed by atoms with Gasteiger partial charge in [0.2, 0.25) is 0 Å². The van der Waals surface area contributed by atoms with Crippen molar-refractivity contribution in [1.29, 1.82) is 0 Å². The summed E-state index contributed by atoms with van der Waals surface area (Å²) in [4.78, 5) is 64.6. The molecule has 0 aromatic rings. The van der Waals surface area contributed by atoms with Crippen molar-refractivity contribution in [3.05, 3.63) is 0 Å². The molecule has 0 saturated carbocycles. The van der Waals surface area contributed by atoms with Crippen molar-refractivity contribution in [2.75, 3.05) is 25.6 Å². The third-order valence-electron chi connectivity index (χ3n) is 4.79. The van der Waals surface area contributed by atoms with Crippen LogP contribution in [0.4, 0.5) is 0 Å². The van der Waals surface area contributed by atoms with Gasteiger partial charge in [-0.05, 0) is 25.7 Å². The van der Waals surface area contributed by atoms with Gasteiger partial charge in [0, 0.05) is 27.7 Å². The lowest BCUT2D eigenvalue weighted by Gasteiger charge is -2.43. The monoisotopic (exact) mass is 613 g/mol. The fourth-order valence-electron chi connectivity index (χ4n) is 3.53. The van der Waals surface area contributed by atoms with Crippen LogP contribution in [-0.2, 0) is 68.5 Å². The van der Waals surface area contributed by atoms with Crippen LogP contribution >= 0.6 is 18.4 Å². The number of carbonyl (C=O) groups is 5. The minimum absolute atomic E-state index is 0.0231. The Bertz CT molecular complexity index is 1020. The van der Waals surface area contributed by atoms with Gasteiger partial charge in [0.1, 0.15) is 12.7 Å². The summed E-state index contributed by atoms with van der Waals surface area (Å²) in [5.41, 5.74) is 0. The molecule has 5 atom stereocenters. The molecular weight excluding hydrogens is 581 g/mol. The Morgan fingerprint density at radius 3 is 2.03 bits per heavy atom. The van der Waals surface area contributed by atoms with E-state index in [0.29, 0.717) is 0 Å². The first-order chi connectivity index (χ1) is 18.3. The highest BCUT2D eigenvalue weighted by Gasteiger charge is 2.53. The molecule has 18 heteroatoms. The van der Waals surface area contributed by atoms with E-state index in [9.17, 15) is 24.0 Å². The van der Waals surface area contributed by atoms with E-state index in [1.54, 1.807) is 13.8 Å². The van der Waals surface area contributed by atoms with Gasteiger partial charge in [-0.2, -0.15) is 0 Å². The number of aliphatic imine (C=N–C) groups is 1. The van der Waals surface area contributed by atoms with E-state index in [-0.39, 0.29) is 24.1 Å². The SMILES string of the molecule is CCOP(=S)(NN1C(=O)CSC1=N[C@@H]1O[C@H](COC(C)=O)[C@@H](OC(C)=O)[C@H](OC(C)=O)[C@H]1OC(C)=O)OCC. The maximum absolute atomic E-state index is 12.7. The Morgan fingerprint density at radius 2 is 1.51 bits per heavy atom. The van der Waals surface area contributed by atoms with Gasteiger partial charge in [0.05, 0.1) is 19.0 Å². The molecule has 0 aromatic carbocycles. The summed E-state index contributed by atoms with van der Waals surface area (Å²) < 4.78 is 38.3. The molecule has 2 aliphatic heterocycles. The van der Waals surface area contributed by atoms with Gasteiger partial charge in [-0.15, -0.1) is 5.20 Å². The molecule has 220 valence electrons. The van der Waals surface area contributed by atoms with Crippen molar-refractivity contribution in [2.24, 2.45) is 4.99 Å². The molecule has 0 radical (unpaired) electrons. The van der Waals surface area contributed by atoms with E-state index in [2.05, 4.69) is 10.2 Å². The van der Waals surface area contributed by atoms with Crippen LogP contribution in [0.1, 0.15) is 41.5 Å². The van der Waals surface area contributed by atoms with Gasteiger partial charge >= 0.3 is 23.9 Å². The summed E-state index contributed by atoms with van der Waals surface area (Å²) in [5, 5.41) is 3.92. The Morgan fingerprint density at radius 1 is 0.974 bits per heavy atom. The highest BCUT2D eigenvalue weighted by molar-refractivity contribution is 8.15. The van der Waals surface area contributed by atoms with Crippen LogP contribution in [0.15, 0.2) is 4.99 Å². The Balaban J connectivity index is 2.54. The number of nitrogens with zero attached hydrogens (tertiary/aromatic N) is 2. The van der Waals surface area contributed by atoms with Crippen molar-refractivity contribution < 1.29 is 56.7 Å². The molecule has 1 N–H and O–H groups in total. The first kappa shape index (κ1) is 33.1. The van der Waals surface area contributed by atoms with Crippen molar-refractivity contribution in [2.45, 2.75) is 72.2 Å². The van der Waals surface area contributed by atoms with E-state index in [0.717, 1.165) is 44.5 Å². The minimum Gasteiger partial charge on any atom is -0.463 e. The predicted octanol–water partition coefficient (Wildman–Crippen LogP) is 0.803. The third-order valence-corrected chi connectivity index (χ3v) is 8.25. The number of ether oxygens (including phenoxy) is 5. The number of esters is 4. The Kier molecular flexibility index (Phi) is 12.7. The molecule has 15 nitrogen and oxygen atoms in total. The molecule has 39 heavy (non-hydrogen) atoms. The van der Waals surface area contributed by atoms with E-state index in [1.807, 2.05) is 0 Å². The first-order valence-electron chi connectivity index (χ1n) is 11.8. The minimum atomic E-state index is -3.14. The average molecular weight is 614 g/mol. The van der Waals surface area contributed by atoms with E-state index < -0.39 is 73.7 Å². The van der Waals surface area contributed by atoms with Crippen molar-refractivity contribution in [3.63, 3.8) is 0 Å². The van der Waals surface area contributed by atoms with Gasteiger partial charge in [0.15, 0.2) is 29.7 Å². The first-order valence-corrected chi connectivity index (χ1v) is 15.4. The second kappa shape index (κ2) is 15.0. The number of hydrogen-bond donors (Lipinski definition) is 1. The summed E-state index contributed by atoms with van der Waals surface area (Å²) in [7, 11) is 0. The third kappa shape index (κ3) is 9.77. The molecule has 0 unspecified atom stereocenters. The van der Waals surface area contributed by atoms with Crippen LogP contribution < -0.4 is 5.20 Å². The molecular formula is C21H32N3O12PS2. The van der Waals surface area contributed by atoms with Crippen LogP contribution in [-0.4, -0.2) is 96.2 Å². The summed E-state index contributed by atoms with van der Waals surface area (Å²) in [5.74, 6) is -3.41. The smallest absolute Gasteiger partial charge is 0.303 e. The van der Waals surface area contributed by atoms with Gasteiger partial charge in [-0.25, -0.2) is 10.0 Å². The summed E-state index contributed by atoms with van der Waals surface area (Å²) in [6.45, 7) is 4.81. The molecule has 0 spiro atoms. The highest BCUT2D eigenvalue weighted by atomic mass is 32.5. The molecule has 2 saturated heterocycles. The lowest BCUT2D eigenvalue weighted by molar-refractivity contribution is -0.251. The standard InChI is InChI=1S/C21H32N3O12PS2/c1-7-31-37(38,32-8-2)23-24-16(29)10-39-21(24)22-20-19(35-14(6)28)18(34-13(5)27)17(33-12(4)26)15(36-20)9-30-11(3)25/h15,17-20H,7-10H2,1-6H3,(H,23,38)/t15-,17-,18+,19-,20-/m1/s1. The lowest BCUT2D eigenvalue weighted by atomic mass is 9.97. The van der Waals surface area contributed by atoms with E-state index in [1.165, 1.54) is 0 Å². The summed E-state index contributed by atoms with van der Waals surface area (Å²) >= 11 is 6.49. The van der Waals surface area contributed by atoms with Crippen LogP contribution in [0, 0.1) is 0 Å². The molecule has 0 aromatic heterocycles. The molecule has 2 rings (SSSR count). The van der Waals surface area contributed by atoms with Crippen LogP contribution in [0.25, 0.3) is 0 Å². The normalized spacial score (nSPS) is 26.3. The fraction of sp³-hybridized carbons (Fsp3) is 0.714. The Labute approximate surface area is 234 Å². The van der Waals surface area contributed by atoms with Gasteiger partial charge in [0.25, 0.3) is 12.5 Å². The number of carbonyl (C=O) groups excluding carboxylic acids is 5. The second-order valence-electron chi connectivity index (χ2n) is 7.95. The largest absolute Gasteiger partial charge is 0.463 e. The Hall–Kier alpha value is -2.14. The zero-order chi connectivity index (χ0) is 29.3. The lowest BCUT2D eigenvalue weighted by Crippen LogP contribution is -2.62. The zero-order valence-corrected chi connectivity index (χ0v) is 24.8. The summed E-state index contributed by atoms with van der Waals surface area (Å²) in [6.07, 6.45) is -6.75. The number of hydrogen-bond acceptors (Lipinski definition) is 15. The maximum Gasteiger partial charge on any atom is 0.303 e. The number of hydrazine groups is 1. The predicted molar refractivity (Wildman–Crippen MR) is 139 cm³/mol. The van der Waals surface area contributed by atoms with Crippen molar-refractivity contribution in [3.8, 4) is 0 Å². The van der Waals surface area contributed by atoms with E-state index in [4.69, 9.17) is 44.5 Å².